The molecule has 0 N–H and O–H groups in total. The number of hydrogen-bond acceptors (Lipinski definition) is 7. The van der Waals surface area contributed by atoms with Gasteiger partial charge < -0.3 is 14.5 Å². The van der Waals surface area contributed by atoms with E-state index in [1.165, 1.54) is 0 Å². The first-order valence-electron chi connectivity index (χ1n) is 9.51. The highest BCUT2D eigenvalue weighted by atomic mass is 16.5. The summed E-state index contributed by atoms with van der Waals surface area (Å²) in [6, 6.07) is 14.6. The number of ether oxygens (including phenoxy) is 1. The van der Waals surface area contributed by atoms with Gasteiger partial charge in [-0.05, 0) is 50.2 Å². The second-order valence-corrected chi connectivity index (χ2v) is 6.96. The number of carbonyl (C=O) groups excluding carboxylic acids is 1. The van der Waals surface area contributed by atoms with E-state index >= 15 is 0 Å². The zero-order chi connectivity index (χ0) is 20.2. The number of nitrogens with zero attached hydrogens (tertiary/aromatic N) is 6. The van der Waals surface area contributed by atoms with E-state index in [9.17, 15) is 4.79 Å². The van der Waals surface area contributed by atoms with Crippen molar-refractivity contribution in [2.75, 3.05) is 31.1 Å². The van der Waals surface area contributed by atoms with Crippen molar-refractivity contribution in [1.29, 1.82) is 0 Å². The number of hydrogen-bond donors (Lipinski definition) is 0. The molecule has 8 heteroatoms. The van der Waals surface area contributed by atoms with Crippen LogP contribution in [0.3, 0.4) is 0 Å². The van der Waals surface area contributed by atoms with E-state index in [-0.39, 0.29) is 5.91 Å². The molecular weight excluding hydrogens is 368 g/mol. The normalized spacial score (nSPS) is 14.0. The maximum atomic E-state index is 12.9. The predicted molar refractivity (Wildman–Crippen MR) is 108 cm³/mol. The van der Waals surface area contributed by atoms with E-state index in [2.05, 4.69) is 25.3 Å². The molecule has 1 aromatic carbocycles. The molecule has 8 nitrogen and oxygen atoms in total. The van der Waals surface area contributed by atoms with Crippen LogP contribution in [0, 0.1) is 13.8 Å². The Morgan fingerprint density at radius 3 is 2.24 bits per heavy atom. The van der Waals surface area contributed by atoms with Crippen LogP contribution >= 0.6 is 0 Å². The molecule has 2 aromatic heterocycles. The summed E-state index contributed by atoms with van der Waals surface area (Å²) in [5.41, 5.74) is 2.30. The number of rotatable bonds is 4. The SMILES string of the molecule is Cc1ccc(Oc2cccc(C(=O)N3CCN(c4ccc(C)nn4)CC3)c2)nn1. The third-order valence-electron chi connectivity index (χ3n) is 4.75. The summed E-state index contributed by atoms with van der Waals surface area (Å²) < 4.78 is 5.73. The Labute approximate surface area is 169 Å². The van der Waals surface area contributed by atoms with Crippen LogP contribution in [-0.4, -0.2) is 57.4 Å². The minimum atomic E-state index is -0.0138. The van der Waals surface area contributed by atoms with Gasteiger partial charge in [-0.3, -0.25) is 4.79 Å². The van der Waals surface area contributed by atoms with Crippen LogP contribution in [0.15, 0.2) is 48.5 Å². The molecule has 0 atom stereocenters. The first kappa shape index (κ1) is 18.8. The van der Waals surface area contributed by atoms with Gasteiger partial charge in [0, 0.05) is 37.8 Å². The molecule has 0 saturated carbocycles. The second-order valence-electron chi connectivity index (χ2n) is 6.96. The van der Waals surface area contributed by atoms with Crippen molar-refractivity contribution < 1.29 is 9.53 Å². The monoisotopic (exact) mass is 390 g/mol. The van der Waals surface area contributed by atoms with Gasteiger partial charge in [0.25, 0.3) is 5.91 Å². The average molecular weight is 390 g/mol. The quantitative estimate of drug-likeness (QED) is 0.677. The van der Waals surface area contributed by atoms with Crippen LogP contribution in [0.1, 0.15) is 21.7 Å². The van der Waals surface area contributed by atoms with Gasteiger partial charge in [0.05, 0.1) is 11.4 Å². The topological polar surface area (TPSA) is 84.3 Å². The summed E-state index contributed by atoms with van der Waals surface area (Å²) in [6.07, 6.45) is 0. The van der Waals surface area contributed by atoms with Crippen LogP contribution in [-0.2, 0) is 0 Å². The molecule has 1 aliphatic rings. The molecule has 1 aliphatic heterocycles. The number of amides is 1. The Morgan fingerprint density at radius 2 is 1.59 bits per heavy atom. The Bertz CT molecular complexity index is 983. The van der Waals surface area contributed by atoms with Crippen molar-refractivity contribution in [1.82, 2.24) is 25.3 Å². The van der Waals surface area contributed by atoms with Crippen LogP contribution in [0.25, 0.3) is 0 Å². The lowest BCUT2D eigenvalue weighted by Gasteiger charge is -2.35. The van der Waals surface area contributed by atoms with Gasteiger partial charge in [0.15, 0.2) is 5.82 Å². The van der Waals surface area contributed by atoms with Gasteiger partial charge >= 0.3 is 0 Å². The fourth-order valence-electron chi connectivity index (χ4n) is 3.14. The zero-order valence-electron chi connectivity index (χ0n) is 16.4. The summed E-state index contributed by atoms with van der Waals surface area (Å²) in [7, 11) is 0. The number of anilines is 1. The van der Waals surface area contributed by atoms with Crippen LogP contribution in [0.2, 0.25) is 0 Å². The van der Waals surface area contributed by atoms with Crippen molar-refractivity contribution in [3.8, 4) is 11.6 Å². The molecule has 0 bridgehead atoms. The summed E-state index contributed by atoms with van der Waals surface area (Å²) in [6.45, 7) is 6.47. The number of carbonyl (C=O) groups is 1. The van der Waals surface area contributed by atoms with E-state index in [1.54, 1.807) is 24.3 Å². The lowest BCUT2D eigenvalue weighted by atomic mass is 10.1. The first-order valence-corrected chi connectivity index (χ1v) is 9.51. The molecule has 0 spiro atoms. The Balaban J connectivity index is 1.39. The first-order chi connectivity index (χ1) is 14.1. The summed E-state index contributed by atoms with van der Waals surface area (Å²) in [5, 5.41) is 16.3. The number of benzene rings is 1. The Morgan fingerprint density at radius 1 is 0.862 bits per heavy atom. The number of aryl methyl sites for hydroxylation is 2. The van der Waals surface area contributed by atoms with E-state index in [0.717, 1.165) is 30.3 Å². The zero-order valence-corrected chi connectivity index (χ0v) is 16.4. The number of aromatic nitrogens is 4. The maximum absolute atomic E-state index is 12.9. The molecule has 1 fully saturated rings. The highest BCUT2D eigenvalue weighted by Crippen LogP contribution is 2.21. The minimum Gasteiger partial charge on any atom is -0.438 e. The van der Waals surface area contributed by atoms with E-state index in [1.807, 2.05) is 43.0 Å². The lowest BCUT2D eigenvalue weighted by molar-refractivity contribution is 0.0746. The van der Waals surface area contributed by atoms with Gasteiger partial charge in [-0.1, -0.05) is 6.07 Å². The Hall–Kier alpha value is -3.55. The fourth-order valence-corrected chi connectivity index (χ4v) is 3.14. The second kappa shape index (κ2) is 8.22. The van der Waals surface area contributed by atoms with Gasteiger partial charge in [0.2, 0.25) is 5.88 Å². The molecule has 3 aromatic rings. The molecule has 4 rings (SSSR count). The lowest BCUT2D eigenvalue weighted by Crippen LogP contribution is -2.49. The van der Waals surface area contributed by atoms with Gasteiger partial charge in [-0.25, -0.2) is 0 Å². The van der Waals surface area contributed by atoms with Crippen LogP contribution < -0.4 is 9.64 Å². The van der Waals surface area contributed by atoms with E-state index in [4.69, 9.17) is 4.74 Å². The minimum absolute atomic E-state index is 0.0138. The smallest absolute Gasteiger partial charge is 0.254 e. The molecule has 1 saturated heterocycles. The van der Waals surface area contributed by atoms with Crippen molar-refractivity contribution in [3.05, 3.63) is 65.5 Å². The molecule has 0 unspecified atom stereocenters. The van der Waals surface area contributed by atoms with Crippen molar-refractivity contribution >= 4 is 11.7 Å². The third-order valence-corrected chi connectivity index (χ3v) is 4.75. The summed E-state index contributed by atoms with van der Waals surface area (Å²) in [5.74, 6) is 1.79. The standard InChI is InChI=1S/C21H22N6O2/c1-15-6-8-19(24-22-15)26-10-12-27(13-11-26)21(28)17-4-3-5-18(14-17)29-20-9-7-16(2)23-25-20/h3-9,14H,10-13H2,1-2H3. The van der Waals surface area contributed by atoms with Crippen LogP contribution in [0.4, 0.5) is 5.82 Å². The Kier molecular flexibility index (Phi) is 5.33. The van der Waals surface area contributed by atoms with E-state index in [0.29, 0.717) is 30.3 Å². The van der Waals surface area contributed by atoms with Gasteiger partial charge in [0.1, 0.15) is 5.75 Å². The molecule has 1 amide bonds. The highest BCUT2D eigenvalue weighted by molar-refractivity contribution is 5.94. The van der Waals surface area contributed by atoms with Gasteiger partial charge in [-0.2, -0.15) is 10.2 Å². The molecule has 29 heavy (non-hydrogen) atoms. The number of piperazine rings is 1. The summed E-state index contributed by atoms with van der Waals surface area (Å²) in [4.78, 5) is 16.9. The third kappa shape index (κ3) is 4.48. The molecule has 3 heterocycles. The summed E-state index contributed by atoms with van der Waals surface area (Å²) >= 11 is 0. The molecule has 0 radical (unpaired) electrons. The van der Waals surface area contributed by atoms with E-state index < -0.39 is 0 Å². The largest absolute Gasteiger partial charge is 0.438 e. The predicted octanol–water partition coefficient (Wildman–Crippen LogP) is 2.64. The van der Waals surface area contributed by atoms with Crippen molar-refractivity contribution in [3.63, 3.8) is 0 Å². The fraction of sp³-hybridized carbons (Fsp3) is 0.286. The van der Waals surface area contributed by atoms with Gasteiger partial charge in [-0.15, -0.1) is 10.2 Å². The molecule has 148 valence electrons. The van der Waals surface area contributed by atoms with Crippen molar-refractivity contribution in [2.45, 2.75) is 13.8 Å². The average Bonchev–Trinajstić information content (AvgIpc) is 2.76. The van der Waals surface area contributed by atoms with Crippen LogP contribution in [0.5, 0.6) is 11.6 Å². The molecular formula is C21H22N6O2. The van der Waals surface area contributed by atoms with Crippen molar-refractivity contribution in [2.24, 2.45) is 0 Å². The highest BCUT2D eigenvalue weighted by Gasteiger charge is 2.23. The maximum Gasteiger partial charge on any atom is 0.254 e. The molecule has 0 aliphatic carbocycles.